The molecule has 2 bridgehead atoms. The average molecular weight is 920 g/mol. The highest BCUT2D eigenvalue weighted by molar-refractivity contribution is 7.20. The lowest BCUT2D eigenvalue weighted by molar-refractivity contribution is 0.669. The van der Waals surface area contributed by atoms with Crippen molar-refractivity contribution in [2.75, 3.05) is 0 Å². The fourth-order valence-electron chi connectivity index (χ4n) is 13.0. The molecule has 0 radical (unpaired) electrons. The fourth-order valence-corrected chi connectivity index (χ4v) is 18.1. The van der Waals surface area contributed by atoms with E-state index in [0.29, 0.717) is 0 Å². The fraction of sp³-hybridized carbons (Fsp3) is 0.0294. The van der Waals surface area contributed by atoms with Crippen LogP contribution in [0.2, 0.25) is 0 Å². The number of hydrogen-bond acceptors (Lipinski definition) is 1. The van der Waals surface area contributed by atoms with Crippen LogP contribution in [0.5, 0.6) is 0 Å². The van der Waals surface area contributed by atoms with Crippen LogP contribution in [0.3, 0.4) is 0 Å². The number of nitrogens with zero attached hydrogens (tertiary/aromatic N) is 1. The van der Waals surface area contributed by atoms with Gasteiger partial charge in [-0.3, -0.25) is 0 Å². The molecule has 0 saturated heterocycles. The third-order valence-electron chi connectivity index (χ3n) is 15.9. The summed E-state index contributed by atoms with van der Waals surface area (Å²) in [5, 5.41) is 10.4. The van der Waals surface area contributed by atoms with Crippen molar-refractivity contribution in [2.45, 2.75) is 11.8 Å². The summed E-state index contributed by atoms with van der Waals surface area (Å²) >= 11 is 0. The maximum absolute atomic E-state index is 6.25. The molecule has 11 aromatic carbocycles. The SMILES string of the molecule is c1ccc(-c2cccc([Si](c3ccccc3)(c3ccccc3)c3cccc4c3C3c5ccccc5C4c4cccc(-n5c6ccccc6c6cc(-c7ccc8oc9ccccc9c8c7)ccc65)c43)c2)cc1. The van der Waals surface area contributed by atoms with Gasteiger partial charge in [0.1, 0.15) is 11.2 Å². The van der Waals surface area contributed by atoms with Gasteiger partial charge in [0, 0.05) is 33.4 Å². The molecule has 16 rings (SSSR count). The monoisotopic (exact) mass is 919 g/mol. The van der Waals surface area contributed by atoms with Crippen LogP contribution in [0, 0.1) is 0 Å². The van der Waals surface area contributed by atoms with Crippen LogP contribution >= 0.6 is 0 Å². The van der Waals surface area contributed by atoms with E-state index in [1.54, 1.807) is 0 Å². The number of hydrogen-bond donors (Lipinski definition) is 0. The molecule has 3 heteroatoms. The van der Waals surface area contributed by atoms with Crippen LogP contribution in [0.15, 0.2) is 265 Å². The van der Waals surface area contributed by atoms with Crippen molar-refractivity contribution in [3.8, 4) is 27.9 Å². The Morgan fingerprint density at radius 1 is 0.310 bits per heavy atom. The third-order valence-corrected chi connectivity index (χ3v) is 20.7. The second kappa shape index (κ2) is 15.6. The molecular weight excluding hydrogens is 875 g/mol. The Bertz CT molecular complexity index is 4200. The third kappa shape index (κ3) is 5.81. The van der Waals surface area contributed by atoms with Crippen molar-refractivity contribution in [3.05, 3.63) is 294 Å². The lowest BCUT2D eigenvalue weighted by Crippen LogP contribution is -2.75. The van der Waals surface area contributed by atoms with Gasteiger partial charge >= 0.3 is 0 Å². The summed E-state index contributed by atoms with van der Waals surface area (Å²) in [5.41, 5.74) is 18.8. The number of fused-ring (bicyclic) bond motifs is 6. The predicted octanol–water partition coefficient (Wildman–Crippen LogP) is 14.4. The summed E-state index contributed by atoms with van der Waals surface area (Å²) in [5.74, 6) is 0.0563. The van der Waals surface area contributed by atoms with Gasteiger partial charge in [0.05, 0.1) is 16.7 Å². The molecule has 0 amide bonds. The minimum Gasteiger partial charge on any atom is -0.456 e. The molecule has 0 spiro atoms. The molecule has 3 aliphatic carbocycles. The van der Waals surface area contributed by atoms with Gasteiger partial charge in [-0.05, 0) is 119 Å². The number of para-hydroxylation sites is 2. The van der Waals surface area contributed by atoms with E-state index in [-0.39, 0.29) is 11.8 Å². The van der Waals surface area contributed by atoms with E-state index in [0.717, 1.165) is 21.9 Å². The molecule has 3 aliphatic rings. The van der Waals surface area contributed by atoms with E-state index < -0.39 is 8.07 Å². The molecule has 2 heterocycles. The summed E-state index contributed by atoms with van der Waals surface area (Å²) < 4.78 is 8.82. The standard InChI is InChI=1S/C68H45NOSi/c1-4-19-44(20-5-1)45-21-16-26-50(41-45)71(48-22-6-2-7-23-48,49-24-8-3-9-25-49)64-36-18-32-56-65-53-29-10-11-30-54(53)68(67(56)64)66-55(65)31-17-34-61(66)69-59-33-14-12-27-51(59)57-42-46(37-39-60(57)69)47-38-40-63-58(43-47)52-28-13-15-35-62(52)70-63/h1-43,65,68H. The molecule has 2 unspecified atom stereocenters. The highest BCUT2D eigenvalue weighted by atomic mass is 28.3. The van der Waals surface area contributed by atoms with Crippen molar-refractivity contribution >= 4 is 72.6 Å². The van der Waals surface area contributed by atoms with Gasteiger partial charge in [-0.15, -0.1) is 0 Å². The van der Waals surface area contributed by atoms with Gasteiger partial charge in [-0.1, -0.05) is 218 Å². The van der Waals surface area contributed by atoms with Gasteiger partial charge in [0.2, 0.25) is 0 Å². The normalized spacial score (nSPS) is 14.8. The topological polar surface area (TPSA) is 18.1 Å². The Balaban J connectivity index is 0.992. The number of benzene rings is 11. The van der Waals surface area contributed by atoms with Gasteiger partial charge in [0.25, 0.3) is 0 Å². The zero-order valence-corrected chi connectivity index (χ0v) is 39.8. The lowest BCUT2D eigenvalue weighted by atomic mass is 9.60. The number of furan rings is 1. The minimum atomic E-state index is -3.07. The molecule has 332 valence electrons. The molecule has 2 aromatic heterocycles. The summed E-state index contributed by atoms with van der Waals surface area (Å²) in [7, 11) is -3.07. The smallest absolute Gasteiger partial charge is 0.179 e. The van der Waals surface area contributed by atoms with E-state index in [4.69, 9.17) is 4.42 Å². The first kappa shape index (κ1) is 40.2. The molecule has 0 fully saturated rings. The van der Waals surface area contributed by atoms with Crippen molar-refractivity contribution < 1.29 is 4.42 Å². The van der Waals surface area contributed by atoms with Crippen LogP contribution in [-0.2, 0) is 0 Å². The van der Waals surface area contributed by atoms with Gasteiger partial charge in [-0.2, -0.15) is 0 Å². The maximum Gasteiger partial charge on any atom is 0.179 e. The maximum atomic E-state index is 6.25. The molecule has 0 saturated carbocycles. The van der Waals surface area contributed by atoms with Crippen LogP contribution < -0.4 is 20.7 Å². The Kier molecular flexibility index (Phi) is 8.84. The van der Waals surface area contributed by atoms with Crippen molar-refractivity contribution in [3.63, 3.8) is 0 Å². The van der Waals surface area contributed by atoms with Crippen molar-refractivity contribution in [1.82, 2.24) is 4.57 Å². The minimum absolute atomic E-state index is 0.0165. The quantitative estimate of drug-likeness (QED) is 0.115. The second-order valence-corrected chi connectivity index (χ2v) is 23.2. The van der Waals surface area contributed by atoms with Crippen molar-refractivity contribution in [1.29, 1.82) is 0 Å². The van der Waals surface area contributed by atoms with Gasteiger partial charge in [0.15, 0.2) is 8.07 Å². The zero-order valence-electron chi connectivity index (χ0n) is 38.8. The zero-order chi connectivity index (χ0) is 46.6. The summed E-state index contributed by atoms with van der Waals surface area (Å²) in [4.78, 5) is 0. The van der Waals surface area contributed by atoms with Crippen LogP contribution in [0.1, 0.15) is 45.2 Å². The van der Waals surface area contributed by atoms with Crippen LogP contribution in [0.25, 0.3) is 71.7 Å². The lowest BCUT2D eigenvalue weighted by Gasteiger charge is -2.47. The molecule has 2 atom stereocenters. The van der Waals surface area contributed by atoms with E-state index in [1.807, 2.05) is 6.07 Å². The highest BCUT2D eigenvalue weighted by Gasteiger charge is 2.50. The van der Waals surface area contributed by atoms with E-state index >= 15 is 0 Å². The van der Waals surface area contributed by atoms with Crippen LogP contribution in [0.4, 0.5) is 0 Å². The summed E-state index contributed by atoms with van der Waals surface area (Å²) in [6.45, 7) is 0. The Labute approximate surface area is 413 Å². The first-order valence-electron chi connectivity index (χ1n) is 24.8. The Hall–Kier alpha value is -8.76. The molecule has 71 heavy (non-hydrogen) atoms. The largest absolute Gasteiger partial charge is 0.456 e. The first-order chi connectivity index (χ1) is 35.2. The molecule has 2 nitrogen and oxygen atoms in total. The Morgan fingerprint density at radius 3 is 1.61 bits per heavy atom. The highest BCUT2D eigenvalue weighted by Crippen LogP contribution is 2.57. The van der Waals surface area contributed by atoms with Gasteiger partial charge < -0.3 is 8.98 Å². The number of rotatable bonds is 7. The molecule has 0 N–H and O–H groups in total. The van der Waals surface area contributed by atoms with E-state index in [2.05, 4.69) is 259 Å². The van der Waals surface area contributed by atoms with E-state index in [1.165, 1.54) is 104 Å². The second-order valence-electron chi connectivity index (χ2n) is 19.4. The van der Waals surface area contributed by atoms with Crippen LogP contribution in [-0.4, -0.2) is 12.6 Å². The summed E-state index contributed by atoms with van der Waals surface area (Å²) in [6, 6.07) is 98.2. The van der Waals surface area contributed by atoms with Gasteiger partial charge in [-0.25, -0.2) is 0 Å². The molecular formula is C68H45NOSi. The average Bonchev–Trinajstić information content (AvgIpc) is 3.99. The van der Waals surface area contributed by atoms with E-state index in [9.17, 15) is 0 Å². The first-order valence-corrected chi connectivity index (χ1v) is 26.8. The molecule has 13 aromatic rings. The molecule has 0 aliphatic heterocycles. The number of aromatic nitrogens is 1. The van der Waals surface area contributed by atoms with Crippen molar-refractivity contribution in [2.24, 2.45) is 0 Å². The summed E-state index contributed by atoms with van der Waals surface area (Å²) in [6.07, 6.45) is 0. The Morgan fingerprint density at radius 2 is 0.831 bits per heavy atom. The predicted molar refractivity (Wildman–Crippen MR) is 297 cm³/mol.